The third-order valence-corrected chi connectivity index (χ3v) is 2.85. The Bertz CT molecular complexity index is 659. The minimum absolute atomic E-state index is 0.169. The van der Waals surface area contributed by atoms with Crippen molar-refractivity contribution < 1.29 is 14.9 Å². The summed E-state index contributed by atoms with van der Waals surface area (Å²) < 4.78 is 5.58. The molecule has 0 aliphatic carbocycles. The van der Waals surface area contributed by atoms with Crippen molar-refractivity contribution in [2.24, 2.45) is 0 Å². The topological polar surface area (TPSA) is 102 Å². The third kappa shape index (κ3) is 5.51. The van der Waals surface area contributed by atoms with Crippen molar-refractivity contribution >= 4 is 11.4 Å². The summed E-state index contributed by atoms with van der Waals surface area (Å²) in [6.07, 6.45) is 0. The summed E-state index contributed by atoms with van der Waals surface area (Å²) in [5.74, 6) is 1.86. The smallest absolute Gasteiger partial charge is 0.127 e. The van der Waals surface area contributed by atoms with E-state index in [4.69, 9.17) is 26.4 Å². The summed E-state index contributed by atoms with van der Waals surface area (Å²) in [6, 6.07) is 20.2. The van der Waals surface area contributed by atoms with Gasteiger partial charge in [-0.05, 0) is 72.8 Å². The minimum Gasteiger partial charge on any atom is -0.508 e. The van der Waals surface area contributed by atoms with Crippen molar-refractivity contribution in [2.45, 2.75) is 0 Å². The van der Waals surface area contributed by atoms with E-state index < -0.39 is 0 Å². The van der Waals surface area contributed by atoms with Crippen LogP contribution >= 0.6 is 0 Å². The lowest BCUT2D eigenvalue weighted by molar-refractivity contribution is 0.460. The van der Waals surface area contributed by atoms with Crippen LogP contribution in [0, 0.1) is 0 Å². The van der Waals surface area contributed by atoms with E-state index in [2.05, 4.69) is 0 Å². The molecular weight excluding hydrogens is 292 g/mol. The van der Waals surface area contributed by atoms with Gasteiger partial charge in [-0.15, -0.1) is 0 Å². The van der Waals surface area contributed by atoms with Crippen LogP contribution in [0.5, 0.6) is 23.0 Å². The Kier molecular flexibility index (Phi) is 5.30. The Morgan fingerprint density at radius 1 is 0.522 bits per heavy atom. The lowest BCUT2D eigenvalue weighted by Crippen LogP contribution is -1.87. The monoisotopic (exact) mass is 310 g/mol. The van der Waals surface area contributed by atoms with Gasteiger partial charge in [-0.3, -0.25) is 0 Å². The van der Waals surface area contributed by atoms with Gasteiger partial charge in [-0.2, -0.15) is 0 Å². The number of anilines is 2. The predicted octanol–water partition coefficient (Wildman–Crippen LogP) is 3.74. The number of hydrogen-bond acceptors (Lipinski definition) is 5. The molecule has 5 nitrogen and oxygen atoms in total. The second-order valence-electron chi connectivity index (χ2n) is 4.76. The van der Waals surface area contributed by atoms with E-state index in [1.807, 2.05) is 24.3 Å². The molecule has 6 N–H and O–H groups in total. The van der Waals surface area contributed by atoms with Crippen molar-refractivity contribution in [1.29, 1.82) is 0 Å². The molecule has 0 unspecified atom stereocenters. The summed E-state index contributed by atoms with van der Waals surface area (Å²) in [5.41, 5.74) is 12.6. The van der Waals surface area contributed by atoms with Gasteiger partial charge in [0.25, 0.3) is 0 Å². The predicted molar refractivity (Wildman–Crippen MR) is 91.6 cm³/mol. The van der Waals surface area contributed by atoms with Crippen LogP contribution in [0.1, 0.15) is 0 Å². The molecular formula is C18H18N2O3. The van der Waals surface area contributed by atoms with E-state index in [1.54, 1.807) is 24.3 Å². The number of ether oxygens (including phenoxy) is 1. The SMILES string of the molecule is Nc1ccc(Oc2ccc(N)cc2)cc1.Oc1ccc(O)cc1. The maximum atomic E-state index is 8.65. The molecule has 3 rings (SSSR count). The van der Waals surface area contributed by atoms with Crippen LogP contribution in [-0.4, -0.2) is 10.2 Å². The Morgan fingerprint density at radius 3 is 1.13 bits per heavy atom. The van der Waals surface area contributed by atoms with E-state index in [9.17, 15) is 0 Å². The quantitative estimate of drug-likeness (QED) is 0.426. The fourth-order valence-electron chi connectivity index (χ4n) is 1.66. The zero-order valence-corrected chi connectivity index (χ0v) is 12.4. The first-order valence-corrected chi connectivity index (χ1v) is 6.90. The maximum absolute atomic E-state index is 8.65. The third-order valence-electron chi connectivity index (χ3n) is 2.85. The second-order valence-corrected chi connectivity index (χ2v) is 4.76. The van der Waals surface area contributed by atoms with Crippen LogP contribution in [-0.2, 0) is 0 Å². The normalized spacial score (nSPS) is 9.57. The van der Waals surface area contributed by atoms with Gasteiger partial charge in [-0.1, -0.05) is 0 Å². The molecule has 0 radical (unpaired) electrons. The fourth-order valence-corrected chi connectivity index (χ4v) is 1.66. The van der Waals surface area contributed by atoms with Gasteiger partial charge in [0.2, 0.25) is 0 Å². The first kappa shape index (κ1) is 16.0. The van der Waals surface area contributed by atoms with Crippen LogP contribution in [0.15, 0.2) is 72.8 Å². The highest BCUT2D eigenvalue weighted by Crippen LogP contribution is 2.22. The van der Waals surface area contributed by atoms with Gasteiger partial charge < -0.3 is 26.4 Å². The summed E-state index contributed by atoms with van der Waals surface area (Å²) >= 11 is 0. The van der Waals surface area contributed by atoms with Gasteiger partial charge >= 0.3 is 0 Å². The number of rotatable bonds is 2. The first-order valence-electron chi connectivity index (χ1n) is 6.90. The van der Waals surface area contributed by atoms with Crippen LogP contribution in [0.2, 0.25) is 0 Å². The highest BCUT2D eigenvalue weighted by molar-refractivity contribution is 5.45. The molecule has 0 saturated heterocycles. The highest BCUT2D eigenvalue weighted by Gasteiger charge is 1.96. The van der Waals surface area contributed by atoms with Gasteiger partial charge in [-0.25, -0.2) is 0 Å². The number of benzene rings is 3. The summed E-state index contributed by atoms with van der Waals surface area (Å²) in [7, 11) is 0. The number of nitrogens with two attached hydrogens (primary N) is 2. The molecule has 0 heterocycles. The Morgan fingerprint density at radius 2 is 0.826 bits per heavy atom. The van der Waals surface area contributed by atoms with Crippen molar-refractivity contribution in [3.63, 3.8) is 0 Å². The van der Waals surface area contributed by atoms with Gasteiger partial charge in [0.1, 0.15) is 23.0 Å². The standard InChI is InChI=1S/C12H12N2O.C6H6O2/c13-9-1-5-11(6-2-9)15-12-7-3-10(14)4-8-12;7-5-1-2-6(8)4-3-5/h1-8H,13-14H2;1-4,7-8H. The van der Waals surface area contributed by atoms with Gasteiger partial charge in [0.05, 0.1) is 0 Å². The Labute approximate surface area is 134 Å². The fraction of sp³-hybridized carbons (Fsp3) is 0. The molecule has 0 aliphatic rings. The molecule has 0 saturated carbocycles. The lowest BCUT2D eigenvalue weighted by Gasteiger charge is -2.05. The molecule has 0 spiro atoms. The van der Waals surface area contributed by atoms with Crippen LogP contribution in [0.4, 0.5) is 11.4 Å². The van der Waals surface area contributed by atoms with Crippen molar-refractivity contribution in [3.8, 4) is 23.0 Å². The van der Waals surface area contributed by atoms with Crippen molar-refractivity contribution in [1.82, 2.24) is 0 Å². The number of nitrogen functional groups attached to an aromatic ring is 2. The average Bonchev–Trinajstić information content (AvgIpc) is 2.55. The molecule has 5 heteroatoms. The average molecular weight is 310 g/mol. The number of aromatic hydroxyl groups is 2. The number of hydrogen-bond donors (Lipinski definition) is 4. The van der Waals surface area contributed by atoms with Gasteiger partial charge in [0.15, 0.2) is 0 Å². The molecule has 0 fully saturated rings. The molecule has 0 bridgehead atoms. The van der Waals surface area contributed by atoms with E-state index in [0.29, 0.717) is 0 Å². The Balaban J connectivity index is 0.000000203. The highest BCUT2D eigenvalue weighted by atomic mass is 16.5. The van der Waals surface area contributed by atoms with Crippen LogP contribution in [0.3, 0.4) is 0 Å². The molecule has 23 heavy (non-hydrogen) atoms. The van der Waals surface area contributed by atoms with E-state index in [0.717, 1.165) is 22.9 Å². The van der Waals surface area contributed by atoms with Crippen molar-refractivity contribution in [2.75, 3.05) is 11.5 Å². The molecule has 118 valence electrons. The van der Waals surface area contributed by atoms with E-state index in [-0.39, 0.29) is 11.5 Å². The summed E-state index contributed by atoms with van der Waals surface area (Å²) in [4.78, 5) is 0. The van der Waals surface area contributed by atoms with E-state index in [1.165, 1.54) is 24.3 Å². The number of phenolic OH excluding ortho intramolecular Hbond substituents is 2. The molecule has 0 aromatic heterocycles. The summed E-state index contributed by atoms with van der Waals surface area (Å²) in [6.45, 7) is 0. The maximum Gasteiger partial charge on any atom is 0.127 e. The largest absolute Gasteiger partial charge is 0.508 e. The number of phenols is 2. The van der Waals surface area contributed by atoms with E-state index >= 15 is 0 Å². The first-order chi connectivity index (χ1) is 11.0. The zero-order chi connectivity index (χ0) is 16.7. The Hall–Kier alpha value is -3.34. The van der Waals surface area contributed by atoms with Gasteiger partial charge in [0, 0.05) is 11.4 Å². The lowest BCUT2D eigenvalue weighted by atomic mass is 10.3. The minimum atomic E-state index is 0.169. The summed E-state index contributed by atoms with van der Waals surface area (Å²) in [5, 5.41) is 17.3. The van der Waals surface area contributed by atoms with Crippen molar-refractivity contribution in [3.05, 3.63) is 72.8 Å². The second kappa shape index (κ2) is 7.61. The molecule has 3 aromatic rings. The molecule has 0 atom stereocenters. The molecule has 0 aliphatic heterocycles. The molecule has 3 aromatic carbocycles. The van der Waals surface area contributed by atoms with Crippen LogP contribution in [0.25, 0.3) is 0 Å². The van der Waals surface area contributed by atoms with Crippen LogP contribution < -0.4 is 16.2 Å². The molecule has 0 amide bonds. The zero-order valence-electron chi connectivity index (χ0n) is 12.4.